The van der Waals surface area contributed by atoms with Crippen molar-refractivity contribution in [1.82, 2.24) is 0 Å². The number of hydrogen-bond donors (Lipinski definition) is 1. The van der Waals surface area contributed by atoms with Crippen molar-refractivity contribution in [2.45, 2.75) is 52.9 Å². The van der Waals surface area contributed by atoms with Crippen LogP contribution in [0.2, 0.25) is 0 Å². The summed E-state index contributed by atoms with van der Waals surface area (Å²) in [5.74, 6) is 1.20. The molecule has 0 radical (unpaired) electrons. The lowest BCUT2D eigenvalue weighted by Crippen LogP contribution is -2.36. The second kappa shape index (κ2) is 8.48. The van der Waals surface area contributed by atoms with E-state index in [-0.39, 0.29) is 17.5 Å². The number of carbonyl (C=O) groups excluding carboxylic acids is 1. The summed E-state index contributed by atoms with van der Waals surface area (Å²) in [4.78, 5) is 17.8. The van der Waals surface area contributed by atoms with E-state index in [1.54, 1.807) is 0 Å². The van der Waals surface area contributed by atoms with Gasteiger partial charge in [-0.05, 0) is 37.5 Å². The smallest absolute Gasteiger partial charge is 0.168 e. The van der Waals surface area contributed by atoms with Crippen molar-refractivity contribution in [1.29, 1.82) is 0 Å². The van der Waals surface area contributed by atoms with E-state index in [0.717, 1.165) is 19.4 Å². The van der Waals surface area contributed by atoms with Crippen LogP contribution >= 0.6 is 0 Å². The third-order valence-corrected chi connectivity index (χ3v) is 4.91. The molecule has 23 heavy (non-hydrogen) atoms. The number of nitrogens with zero attached hydrogens (tertiary/aromatic N) is 1. The quantitative estimate of drug-likeness (QED) is 0.598. The highest BCUT2D eigenvalue weighted by Gasteiger charge is 2.37. The maximum Gasteiger partial charge on any atom is 0.168 e. The number of Topliss-reactive ketones (excluding diaryl/α,β-unsaturated/α-hetero) is 1. The van der Waals surface area contributed by atoms with E-state index in [9.17, 15) is 9.90 Å². The molecule has 0 aromatic heterocycles. The molecule has 2 rings (SSSR count). The Labute approximate surface area is 138 Å². The number of aliphatic hydroxyl groups is 1. The highest BCUT2D eigenvalue weighted by molar-refractivity contribution is 6.23. The molecule has 0 saturated carbocycles. The minimum absolute atomic E-state index is 0.0107. The van der Waals surface area contributed by atoms with Crippen LogP contribution in [0.3, 0.4) is 0 Å². The van der Waals surface area contributed by atoms with E-state index in [0.29, 0.717) is 55.6 Å². The Balaban J connectivity index is 2.18. The van der Waals surface area contributed by atoms with Gasteiger partial charge in [-0.1, -0.05) is 25.4 Å². The van der Waals surface area contributed by atoms with Gasteiger partial charge in [0.25, 0.3) is 0 Å². The lowest BCUT2D eigenvalue weighted by molar-refractivity contribution is -0.118. The van der Waals surface area contributed by atoms with Gasteiger partial charge in [-0.2, -0.15) is 0 Å². The minimum atomic E-state index is -0.0107. The molecule has 1 fully saturated rings. The Morgan fingerprint density at radius 1 is 1.39 bits per heavy atom. The van der Waals surface area contributed by atoms with Crippen LogP contribution in [-0.4, -0.2) is 36.4 Å². The fourth-order valence-electron chi connectivity index (χ4n) is 3.62. The number of ketones is 1. The number of oxime groups is 1. The highest BCUT2D eigenvalue weighted by Crippen LogP contribution is 2.38. The first-order valence-corrected chi connectivity index (χ1v) is 8.80. The van der Waals surface area contributed by atoms with Gasteiger partial charge in [0, 0.05) is 26.1 Å². The van der Waals surface area contributed by atoms with Crippen molar-refractivity contribution in [3.05, 3.63) is 11.3 Å². The Morgan fingerprint density at radius 3 is 2.78 bits per heavy atom. The van der Waals surface area contributed by atoms with Crippen molar-refractivity contribution in [3.8, 4) is 0 Å². The van der Waals surface area contributed by atoms with Crippen LogP contribution in [0.25, 0.3) is 0 Å². The Morgan fingerprint density at radius 2 is 2.17 bits per heavy atom. The zero-order valence-electron chi connectivity index (χ0n) is 14.5. The fraction of sp³-hybridized carbons (Fsp3) is 0.778. The van der Waals surface area contributed by atoms with Crippen molar-refractivity contribution >= 4 is 11.5 Å². The molecular formula is C18H29NO4. The topological polar surface area (TPSA) is 68.1 Å². The largest absolute Gasteiger partial charge is 0.511 e. The molecule has 0 bridgehead atoms. The van der Waals surface area contributed by atoms with Crippen molar-refractivity contribution in [2.24, 2.45) is 22.9 Å². The van der Waals surface area contributed by atoms with Crippen LogP contribution in [0.1, 0.15) is 52.9 Å². The van der Waals surface area contributed by atoms with Gasteiger partial charge in [-0.25, -0.2) is 0 Å². The van der Waals surface area contributed by atoms with E-state index < -0.39 is 0 Å². The molecule has 0 amide bonds. The first kappa shape index (κ1) is 18.0. The van der Waals surface area contributed by atoms with Crippen LogP contribution in [0.4, 0.5) is 0 Å². The van der Waals surface area contributed by atoms with Crippen molar-refractivity contribution < 1.29 is 19.5 Å². The third kappa shape index (κ3) is 4.34. The van der Waals surface area contributed by atoms with E-state index in [2.05, 4.69) is 12.1 Å². The monoisotopic (exact) mass is 323 g/mol. The highest BCUT2D eigenvalue weighted by atomic mass is 16.6. The van der Waals surface area contributed by atoms with Gasteiger partial charge >= 0.3 is 0 Å². The standard InChI is InChI=1S/C18H29NO4/c1-4-6-15(19-23-5-2)18-16(20)9-13(10-17(18)21)14-11-22-8-7-12(14)3/h12-14,20H,4-11H2,1-3H3. The molecule has 1 aliphatic heterocycles. The fourth-order valence-corrected chi connectivity index (χ4v) is 3.62. The minimum Gasteiger partial charge on any atom is -0.511 e. The molecule has 0 aromatic carbocycles. The molecule has 3 atom stereocenters. The number of carbonyl (C=O) groups is 1. The maximum atomic E-state index is 12.6. The van der Waals surface area contributed by atoms with Gasteiger partial charge in [-0.3, -0.25) is 4.79 Å². The molecular weight excluding hydrogens is 294 g/mol. The average molecular weight is 323 g/mol. The summed E-state index contributed by atoms with van der Waals surface area (Å²) >= 11 is 0. The van der Waals surface area contributed by atoms with Crippen LogP contribution in [0.15, 0.2) is 16.5 Å². The van der Waals surface area contributed by atoms with E-state index in [4.69, 9.17) is 9.57 Å². The zero-order chi connectivity index (χ0) is 16.8. The molecule has 0 aromatic rings. The van der Waals surface area contributed by atoms with Gasteiger partial charge < -0.3 is 14.7 Å². The number of ether oxygens (including phenoxy) is 1. The van der Waals surface area contributed by atoms with Crippen LogP contribution < -0.4 is 0 Å². The van der Waals surface area contributed by atoms with Gasteiger partial charge in [0.15, 0.2) is 5.78 Å². The molecule has 5 nitrogen and oxygen atoms in total. The van der Waals surface area contributed by atoms with Gasteiger partial charge in [0.2, 0.25) is 0 Å². The molecule has 2 aliphatic rings. The van der Waals surface area contributed by atoms with Gasteiger partial charge in [0.05, 0.1) is 11.3 Å². The number of rotatable bonds is 6. The number of allylic oxidation sites excluding steroid dienone is 2. The lowest BCUT2D eigenvalue weighted by Gasteiger charge is -2.37. The second-order valence-electron chi connectivity index (χ2n) is 6.62. The molecule has 3 unspecified atom stereocenters. The summed E-state index contributed by atoms with van der Waals surface area (Å²) in [6.07, 6.45) is 3.52. The Hall–Kier alpha value is -1.36. The van der Waals surface area contributed by atoms with Crippen LogP contribution in [0, 0.1) is 17.8 Å². The van der Waals surface area contributed by atoms with Gasteiger partial charge in [0.1, 0.15) is 12.4 Å². The third-order valence-electron chi connectivity index (χ3n) is 4.91. The summed E-state index contributed by atoms with van der Waals surface area (Å²) < 4.78 is 5.59. The first-order valence-electron chi connectivity index (χ1n) is 8.80. The summed E-state index contributed by atoms with van der Waals surface area (Å²) in [6.45, 7) is 8.03. The molecule has 1 saturated heterocycles. The molecule has 0 spiro atoms. The molecule has 1 heterocycles. The van der Waals surface area contributed by atoms with Crippen LogP contribution in [0.5, 0.6) is 0 Å². The van der Waals surface area contributed by atoms with Crippen LogP contribution in [-0.2, 0) is 14.4 Å². The average Bonchev–Trinajstić information content (AvgIpc) is 2.52. The SMILES string of the molecule is CCCC(=NOCC)C1=C(O)CC(C2COCCC2C)CC1=O. The molecule has 130 valence electrons. The van der Waals surface area contributed by atoms with Crippen molar-refractivity contribution in [3.63, 3.8) is 0 Å². The summed E-state index contributed by atoms with van der Waals surface area (Å²) in [5, 5.41) is 14.6. The summed E-state index contributed by atoms with van der Waals surface area (Å²) in [7, 11) is 0. The Bertz CT molecular complexity index is 483. The second-order valence-corrected chi connectivity index (χ2v) is 6.62. The summed E-state index contributed by atoms with van der Waals surface area (Å²) in [6, 6.07) is 0. The van der Waals surface area contributed by atoms with E-state index in [1.165, 1.54) is 0 Å². The molecule has 1 N–H and O–H groups in total. The normalized spacial score (nSPS) is 29.8. The number of hydrogen-bond acceptors (Lipinski definition) is 5. The first-order chi connectivity index (χ1) is 11.1. The lowest BCUT2D eigenvalue weighted by atomic mass is 9.72. The predicted molar refractivity (Wildman–Crippen MR) is 89.4 cm³/mol. The molecule has 1 aliphatic carbocycles. The van der Waals surface area contributed by atoms with E-state index >= 15 is 0 Å². The predicted octanol–water partition coefficient (Wildman–Crippen LogP) is 3.64. The maximum absolute atomic E-state index is 12.6. The molecule has 5 heteroatoms. The summed E-state index contributed by atoms with van der Waals surface area (Å²) in [5.41, 5.74) is 0.976. The van der Waals surface area contributed by atoms with Gasteiger partial charge in [-0.15, -0.1) is 0 Å². The van der Waals surface area contributed by atoms with Crippen molar-refractivity contribution in [2.75, 3.05) is 19.8 Å². The van der Waals surface area contributed by atoms with E-state index in [1.807, 2.05) is 13.8 Å². The number of aliphatic hydroxyl groups excluding tert-OH is 1. The Kier molecular flexibility index (Phi) is 6.63. The zero-order valence-corrected chi connectivity index (χ0v) is 14.5.